The second-order valence-electron chi connectivity index (χ2n) is 8.41. The fourth-order valence-electron chi connectivity index (χ4n) is 4.58. The molecule has 0 spiro atoms. The number of alkyl halides is 6. The third kappa shape index (κ3) is 5.04. The minimum atomic E-state index is -4.83. The van der Waals surface area contributed by atoms with Crippen LogP contribution in [-0.2, 0) is 13.2 Å². The molecule has 8 nitrogen and oxygen atoms in total. The van der Waals surface area contributed by atoms with Crippen molar-refractivity contribution in [2.75, 3.05) is 31.6 Å². The molecular weight excluding hydrogens is 468 g/mol. The third-order valence-corrected chi connectivity index (χ3v) is 6.05. The van der Waals surface area contributed by atoms with Gasteiger partial charge in [-0.1, -0.05) is 5.22 Å². The zero-order valence-corrected chi connectivity index (χ0v) is 18.4. The molecule has 2 fully saturated rings. The summed E-state index contributed by atoms with van der Waals surface area (Å²) in [7, 11) is 2.97. The van der Waals surface area contributed by atoms with Crippen molar-refractivity contribution >= 4 is 5.69 Å². The smallest absolute Gasteiger partial charge is 0.433 e. The van der Waals surface area contributed by atoms with Crippen molar-refractivity contribution in [1.29, 1.82) is 0 Å². The van der Waals surface area contributed by atoms with Crippen LogP contribution in [0.4, 0.5) is 32.0 Å². The van der Waals surface area contributed by atoms with E-state index in [1.807, 2.05) is 13.2 Å². The molecule has 14 heteroatoms. The Morgan fingerprint density at radius 1 is 1.09 bits per heavy atom. The van der Waals surface area contributed by atoms with E-state index in [0.717, 1.165) is 31.6 Å². The Balaban J connectivity index is 1.63. The summed E-state index contributed by atoms with van der Waals surface area (Å²) in [5.41, 5.74) is -0.746. The fraction of sp³-hybridized carbons (Fsp3) is 0.600. The Morgan fingerprint density at radius 2 is 1.76 bits per heavy atom. The zero-order valence-electron chi connectivity index (χ0n) is 18.4. The summed E-state index contributed by atoms with van der Waals surface area (Å²) in [5.74, 6) is -0.324. The molecule has 1 unspecified atom stereocenters. The summed E-state index contributed by atoms with van der Waals surface area (Å²) >= 11 is 0. The maximum Gasteiger partial charge on any atom is 0.433 e. The highest BCUT2D eigenvalue weighted by Crippen LogP contribution is 2.40. The molecule has 0 amide bonds. The first-order valence-corrected chi connectivity index (χ1v) is 10.6. The van der Waals surface area contributed by atoms with Gasteiger partial charge in [-0.3, -0.25) is 9.67 Å². The topological polar surface area (TPSA) is 72.3 Å². The lowest BCUT2D eigenvalue weighted by Crippen LogP contribution is -2.44. The molecule has 1 saturated heterocycles. The molecule has 3 heterocycles. The number of hydrogen-bond acceptors (Lipinski definition) is 6. The standard InChI is InChI=1S/C20H23F6N7O/c1-27-18-15(34-11-19(21,22)23)5-6-16(20(24,25)26)33(18)30-29-17-12-3-4-13(17)9-32(8-12)14-7-28-31(2)10-14/h5-7,10,12-13,17H,3-4,8-9,11H2,1-2H3/t12-,13+,17?. The summed E-state index contributed by atoms with van der Waals surface area (Å²) in [6, 6.07) is 1.10. The van der Waals surface area contributed by atoms with Gasteiger partial charge >= 0.3 is 12.4 Å². The van der Waals surface area contributed by atoms with Gasteiger partial charge in [0.05, 0.1) is 17.9 Å². The van der Waals surface area contributed by atoms with Gasteiger partial charge in [0.25, 0.3) is 0 Å². The second kappa shape index (κ2) is 8.95. The number of rotatable bonds is 5. The van der Waals surface area contributed by atoms with Crippen LogP contribution in [-0.4, -0.2) is 53.4 Å². The molecular formula is C20H23F6N7O. The van der Waals surface area contributed by atoms with E-state index in [0.29, 0.717) is 23.8 Å². The first-order valence-electron chi connectivity index (χ1n) is 10.6. The van der Waals surface area contributed by atoms with Crippen molar-refractivity contribution < 1.29 is 31.1 Å². The van der Waals surface area contributed by atoms with Crippen LogP contribution in [0.3, 0.4) is 0 Å². The van der Waals surface area contributed by atoms with Gasteiger partial charge in [-0.15, -0.1) is 0 Å². The van der Waals surface area contributed by atoms with Crippen LogP contribution in [0.25, 0.3) is 0 Å². The van der Waals surface area contributed by atoms with E-state index < -0.39 is 35.9 Å². The lowest BCUT2D eigenvalue weighted by molar-refractivity contribution is -0.154. The predicted molar refractivity (Wildman–Crippen MR) is 108 cm³/mol. The van der Waals surface area contributed by atoms with Gasteiger partial charge in [0, 0.05) is 45.2 Å². The molecule has 4 rings (SSSR count). The lowest BCUT2D eigenvalue weighted by Gasteiger charge is -2.36. The predicted octanol–water partition coefficient (Wildman–Crippen LogP) is 3.84. The normalized spacial score (nSPS) is 23.8. The highest BCUT2D eigenvalue weighted by molar-refractivity contribution is 5.43. The zero-order chi connectivity index (χ0) is 24.7. The Hall–Kier alpha value is -3.06. The average molecular weight is 491 g/mol. The van der Waals surface area contributed by atoms with E-state index in [2.05, 4.69) is 30.1 Å². The first-order chi connectivity index (χ1) is 16.0. The second-order valence-corrected chi connectivity index (χ2v) is 8.41. The Bertz CT molecular complexity index is 1110. The molecule has 0 N–H and O–H groups in total. The molecule has 2 aliphatic rings. The van der Waals surface area contributed by atoms with Crippen molar-refractivity contribution in [3.8, 4) is 5.75 Å². The molecule has 2 aromatic heterocycles. The molecule has 1 aliphatic heterocycles. The van der Waals surface area contributed by atoms with Crippen LogP contribution in [0.5, 0.6) is 5.75 Å². The Labute approximate surface area is 190 Å². The number of nitrogens with zero attached hydrogens (tertiary/aromatic N) is 7. The fourth-order valence-corrected chi connectivity index (χ4v) is 4.58. The van der Waals surface area contributed by atoms with E-state index in [4.69, 9.17) is 0 Å². The summed E-state index contributed by atoms with van der Waals surface area (Å²) < 4.78 is 85.5. The van der Waals surface area contributed by atoms with Crippen molar-refractivity contribution in [3.05, 3.63) is 35.7 Å². The minimum Gasteiger partial charge on any atom is -0.480 e. The molecule has 1 saturated carbocycles. The van der Waals surface area contributed by atoms with Gasteiger partial charge < -0.3 is 9.64 Å². The van der Waals surface area contributed by atoms with Gasteiger partial charge in [-0.05, 0) is 25.0 Å². The number of fused-ring (bicyclic) bond motifs is 2. The van der Waals surface area contributed by atoms with Gasteiger partial charge in [-0.25, -0.2) is 0 Å². The Kier molecular flexibility index (Phi) is 6.34. The van der Waals surface area contributed by atoms with E-state index in [-0.39, 0.29) is 17.9 Å². The third-order valence-electron chi connectivity index (χ3n) is 6.05. The van der Waals surface area contributed by atoms with Crippen molar-refractivity contribution in [1.82, 2.24) is 14.5 Å². The number of piperidine rings is 1. The van der Waals surface area contributed by atoms with Crippen molar-refractivity contribution in [2.24, 2.45) is 34.2 Å². The summed E-state index contributed by atoms with van der Waals surface area (Å²) in [6.07, 6.45) is -4.14. The SMILES string of the molecule is CN=c1c(OCC(F)(F)F)ccc(C(F)(F)F)n1N=NC1[C@@H]2CC[C@H]1CN(c1cnn(C)c1)C2. The van der Waals surface area contributed by atoms with Gasteiger partial charge in [0.15, 0.2) is 17.8 Å². The average Bonchev–Trinajstić information content (AvgIpc) is 3.28. The maximum atomic E-state index is 13.6. The molecule has 2 bridgehead atoms. The van der Waals surface area contributed by atoms with Crippen LogP contribution >= 0.6 is 0 Å². The van der Waals surface area contributed by atoms with Crippen LogP contribution in [0.15, 0.2) is 39.9 Å². The molecule has 3 atom stereocenters. The largest absolute Gasteiger partial charge is 0.480 e. The highest BCUT2D eigenvalue weighted by atomic mass is 19.4. The van der Waals surface area contributed by atoms with Crippen LogP contribution in [0, 0.1) is 11.8 Å². The number of ether oxygens (including phenoxy) is 1. The number of aromatic nitrogens is 3. The molecule has 0 aromatic carbocycles. The quantitative estimate of drug-likeness (QED) is 0.471. The van der Waals surface area contributed by atoms with Gasteiger partial charge in [0.1, 0.15) is 5.69 Å². The summed E-state index contributed by atoms with van der Waals surface area (Å²) in [6.45, 7) is -0.361. The van der Waals surface area contributed by atoms with E-state index in [9.17, 15) is 26.3 Å². The van der Waals surface area contributed by atoms with Crippen molar-refractivity contribution in [3.63, 3.8) is 0 Å². The molecule has 186 valence electrons. The number of aryl methyl sites for hydroxylation is 1. The maximum absolute atomic E-state index is 13.6. The number of pyridine rings is 1. The molecule has 0 radical (unpaired) electrons. The van der Waals surface area contributed by atoms with E-state index >= 15 is 0 Å². The van der Waals surface area contributed by atoms with Crippen LogP contribution in [0.1, 0.15) is 18.5 Å². The van der Waals surface area contributed by atoms with E-state index in [1.54, 1.807) is 10.9 Å². The highest BCUT2D eigenvalue weighted by Gasteiger charge is 2.43. The van der Waals surface area contributed by atoms with Gasteiger partial charge in [0.2, 0.25) is 0 Å². The van der Waals surface area contributed by atoms with Gasteiger partial charge in [-0.2, -0.15) is 41.2 Å². The van der Waals surface area contributed by atoms with Crippen molar-refractivity contribution in [2.45, 2.75) is 31.2 Å². The monoisotopic (exact) mass is 491 g/mol. The molecule has 1 aliphatic carbocycles. The lowest BCUT2D eigenvalue weighted by atomic mass is 9.93. The number of halogens is 6. The minimum absolute atomic E-state index is 0.0734. The first kappa shape index (κ1) is 24.1. The van der Waals surface area contributed by atoms with Crippen LogP contribution < -0.4 is 15.1 Å². The Morgan fingerprint density at radius 3 is 2.29 bits per heavy atom. The van der Waals surface area contributed by atoms with E-state index in [1.165, 1.54) is 0 Å². The number of anilines is 1. The summed E-state index contributed by atoms with van der Waals surface area (Å²) in [5, 5.41) is 12.3. The number of hydrogen-bond donors (Lipinski definition) is 0. The molecule has 2 aromatic rings. The molecule has 34 heavy (non-hydrogen) atoms. The summed E-state index contributed by atoms with van der Waals surface area (Å²) in [4.78, 5) is 5.89. The van der Waals surface area contributed by atoms with Crippen LogP contribution in [0.2, 0.25) is 0 Å².